The normalized spacial score (nSPS) is 12.2. The first-order chi connectivity index (χ1) is 8.52. The van der Waals surface area contributed by atoms with Crippen LogP contribution in [0, 0.1) is 5.92 Å². The van der Waals surface area contributed by atoms with Crippen LogP contribution in [0.5, 0.6) is 0 Å². The van der Waals surface area contributed by atoms with Crippen LogP contribution in [0.2, 0.25) is 0 Å². The minimum Gasteiger partial charge on any atom is -0.481 e. The van der Waals surface area contributed by atoms with Crippen LogP contribution in [0.25, 0.3) is 0 Å². The third-order valence-corrected chi connectivity index (χ3v) is 3.00. The molecule has 0 aliphatic rings. The van der Waals surface area contributed by atoms with Crippen LogP contribution >= 0.6 is 0 Å². The second-order valence-corrected chi connectivity index (χ2v) is 4.62. The summed E-state index contributed by atoms with van der Waals surface area (Å²) < 4.78 is 0. The highest BCUT2D eigenvalue weighted by atomic mass is 16.4. The molecule has 106 valence electrons. The lowest BCUT2D eigenvalue weighted by molar-refractivity contribution is -0.143. The Morgan fingerprint density at radius 3 is 2.33 bits per heavy atom. The second-order valence-electron chi connectivity index (χ2n) is 4.62. The summed E-state index contributed by atoms with van der Waals surface area (Å²) >= 11 is 0. The summed E-state index contributed by atoms with van der Waals surface area (Å²) in [6.45, 7) is 5.07. The van der Waals surface area contributed by atoms with Gasteiger partial charge < -0.3 is 15.7 Å². The fourth-order valence-electron chi connectivity index (χ4n) is 1.75. The second kappa shape index (κ2) is 9.88. The summed E-state index contributed by atoms with van der Waals surface area (Å²) in [4.78, 5) is 24.3. The number of aliphatic carboxylic acids is 1. The van der Waals surface area contributed by atoms with Gasteiger partial charge in [-0.05, 0) is 26.3 Å². The molecule has 3 N–H and O–H groups in total. The maximum Gasteiger partial charge on any atom is 0.308 e. The molecule has 0 rings (SSSR count). The smallest absolute Gasteiger partial charge is 0.308 e. The molecule has 0 radical (unpaired) electrons. The van der Waals surface area contributed by atoms with Gasteiger partial charge in [0.15, 0.2) is 0 Å². The van der Waals surface area contributed by atoms with E-state index in [1.165, 1.54) is 0 Å². The molecule has 0 fully saturated rings. The summed E-state index contributed by atoms with van der Waals surface area (Å²) in [6, 6.07) is 0. The van der Waals surface area contributed by atoms with Crippen molar-refractivity contribution in [2.75, 3.05) is 19.6 Å². The van der Waals surface area contributed by atoms with Gasteiger partial charge in [-0.15, -0.1) is 0 Å². The van der Waals surface area contributed by atoms with E-state index in [9.17, 15) is 9.59 Å². The van der Waals surface area contributed by atoms with E-state index < -0.39 is 11.9 Å². The van der Waals surface area contributed by atoms with E-state index in [1.54, 1.807) is 11.8 Å². The summed E-state index contributed by atoms with van der Waals surface area (Å²) in [5.74, 6) is -1.31. The molecule has 1 unspecified atom stereocenters. The number of unbranched alkanes of at least 4 members (excludes halogenated alkanes) is 3. The summed E-state index contributed by atoms with van der Waals surface area (Å²) in [7, 11) is 0. The molecular formula is C13H26N2O3. The molecular weight excluding hydrogens is 232 g/mol. The first kappa shape index (κ1) is 16.9. The molecule has 18 heavy (non-hydrogen) atoms. The average Bonchev–Trinajstić information content (AvgIpc) is 2.34. The van der Waals surface area contributed by atoms with Gasteiger partial charge in [0.1, 0.15) is 0 Å². The third-order valence-electron chi connectivity index (χ3n) is 3.00. The van der Waals surface area contributed by atoms with Crippen molar-refractivity contribution in [3.05, 3.63) is 0 Å². The Labute approximate surface area is 109 Å². The minimum absolute atomic E-state index is 0.0540. The molecule has 0 aliphatic heterocycles. The van der Waals surface area contributed by atoms with Crippen LogP contribution in [-0.2, 0) is 9.59 Å². The molecule has 0 aliphatic carbocycles. The topological polar surface area (TPSA) is 83.6 Å². The number of carbonyl (C=O) groups is 2. The van der Waals surface area contributed by atoms with Crippen molar-refractivity contribution in [3.63, 3.8) is 0 Å². The summed E-state index contributed by atoms with van der Waals surface area (Å²) in [5.41, 5.74) is 5.39. The highest BCUT2D eigenvalue weighted by Gasteiger charge is 2.18. The quantitative estimate of drug-likeness (QED) is 0.581. The number of carboxylic acid groups (broad SMARTS) is 1. The molecule has 5 nitrogen and oxygen atoms in total. The number of hydrogen-bond donors (Lipinski definition) is 2. The Balaban J connectivity index is 3.92. The maximum atomic E-state index is 11.9. The van der Waals surface area contributed by atoms with Gasteiger partial charge in [0.2, 0.25) is 5.91 Å². The molecule has 1 atom stereocenters. The first-order valence-electron chi connectivity index (χ1n) is 6.73. The van der Waals surface area contributed by atoms with Gasteiger partial charge in [0.25, 0.3) is 0 Å². The van der Waals surface area contributed by atoms with Gasteiger partial charge in [-0.3, -0.25) is 9.59 Å². The SMILES string of the molecule is CCN(CC(C)C(=O)O)C(=O)CCCCCCN. The van der Waals surface area contributed by atoms with Gasteiger partial charge in [0.05, 0.1) is 5.92 Å². The molecule has 0 saturated heterocycles. The van der Waals surface area contributed by atoms with Gasteiger partial charge in [-0.2, -0.15) is 0 Å². The van der Waals surface area contributed by atoms with E-state index >= 15 is 0 Å². The van der Waals surface area contributed by atoms with Crippen LogP contribution in [0.3, 0.4) is 0 Å². The Kier molecular flexibility index (Phi) is 9.28. The van der Waals surface area contributed by atoms with Gasteiger partial charge in [-0.1, -0.05) is 19.8 Å². The van der Waals surface area contributed by atoms with E-state index in [0.717, 1.165) is 25.7 Å². The Hall–Kier alpha value is -1.10. The van der Waals surface area contributed by atoms with E-state index in [2.05, 4.69) is 0 Å². The van der Waals surface area contributed by atoms with Crippen LogP contribution in [0.1, 0.15) is 46.0 Å². The van der Waals surface area contributed by atoms with Crippen molar-refractivity contribution in [2.24, 2.45) is 11.7 Å². The number of amides is 1. The van der Waals surface area contributed by atoms with Crippen LogP contribution in [-0.4, -0.2) is 41.5 Å². The Morgan fingerprint density at radius 2 is 1.83 bits per heavy atom. The fraction of sp³-hybridized carbons (Fsp3) is 0.846. The van der Waals surface area contributed by atoms with Gasteiger partial charge in [-0.25, -0.2) is 0 Å². The molecule has 5 heteroatoms. The van der Waals surface area contributed by atoms with E-state index in [1.807, 2.05) is 6.92 Å². The largest absolute Gasteiger partial charge is 0.481 e. The van der Waals surface area contributed by atoms with Crippen LogP contribution in [0.4, 0.5) is 0 Å². The van der Waals surface area contributed by atoms with Crippen molar-refractivity contribution in [1.29, 1.82) is 0 Å². The number of carbonyl (C=O) groups excluding carboxylic acids is 1. The number of hydrogen-bond acceptors (Lipinski definition) is 3. The predicted octanol–water partition coefficient (Wildman–Crippen LogP) is 1.46. The highest BCUT2D eigenvalue weighted by Crippen LogP contribution is 2.07. The number of nitrogens with zero attached hydrogens (tertiary/aromatic N) is 1. The van der Waals surface area contributed by atoms with Crippen LogP contribution < -0.4 is 5.73 Å². The van der Waals surface area contributed by atoms with E-state index in [-0.39, 0.29) is 5.91 Å². The minimum atomic E-state index is -0.857. The summed E-state index contributed by atoms with van der Waals surface area (Å²) in [6.07, 6.45) is 4.43. The van der Waals surface area contributed by atoms with Crippen molar-refractivity contribution in [1.82, 2.24) is 4.90 Å². The van der Waals surface area contributed by atoms with Crippen molar-refractivity contribution in [3.8, 4) is 0 Å². The lowest BCUT2D eigenvalue weighted by Gasteiger charge is -2.22. The molecule has 0 aromatic carbocycles. The molecule has 0 aromatic rings. The Bertz CT molecular complexity index is 257. The van der Waals surface area contributed by atoms with Crippen molar-refractivity contribution in [2.45, 2.75) is 46.0 Å². The van der Waals surface area contributed by atoms with Crippen molar-refractivity contribution >= 4 is 11.9 Å². The lowest BCUT2D eigenvalue weighted by Crippen LogP contribution is -2.36. The zero-order valence-corrected chi connectivity index (χ0v) is 11.5. The number of carboxylic acids is 1. The first-order valence-corrected chi connectivity index (χ1v) is 6.73. The monoisotopic (exact) mass is 258 g/mol. The zero-order chi connectivity index (χ0) is 14.0. The maximum absolute atomic E-state index is 11.9. The third kappa shape index (κ3) is 7.27. The number of rotatable bonds is 10. The van der Waals surface area contributed by atoms with E-state index in [0.29, 0.717) is 26.1 Å². The fourth-order valence-corrected chi connectivity index (χ4v) is 1.75. The average molecular weight is 258 g/mol. The summed E-state index contributed by atoms with van der Waals surface area (Å²) in [5, 5.41) is 8.83. The van der Waals surface area contributed by atoms with Crippen molar-refractivity contribution < 1.29 is 14.7 Å². The van der Waals surface area contributed by atoms with Gasteiger partial charge >= 0.3 is 5.97 Å². The molecule has 0 aromatic heterocycles. The standard InChI is InChI=1S/C13H26N2O3/c1-3-15(10-11(2)13(17)18)12(16)8-6-4-5-7-9-14/h11H,3-10,14H2,1-2H3,(H,17,18). The van der Waals surface area contributed by atoms with E-state index in [4.69, 9.17) is 10.8 Å². The zero-order valence-electron chi connectivity index (χ0n) is 11.5. The highest BCUT2D eigenvalue weighted by molar-refractivity contribution is 5.77. The molecule has 0 spiro atoms. The Morgan fingerprint density at radius 1 is 1.22 bits per heavy atom. The van der Waals surface area contributed by atoms with Crippen LogP contribution in [0.15, 0.2) is 0 Å². The number of nitrogens with two attached hydrogens (primary N) is 1. The van der Waals surface area contributed by atoms with Gasteiger partial charge in [0, 0.05) is 19.5 Å². The predicted molar refractivity (Wildman–Crippen MR) is 71.2 cm³/mol. The molecule has 1 amide bonds. The molecule has 0 heterocycles. The molecule has 0 bridgehead atoms. The molecule has 0 saturated carbocycles. The lowest BCUT2D eigenvalue weighted by atomic mass is 10.1.